The van der Waals surface area contributed by atoms with E-state index < -0.39 is 0 Å². The van der Waals surface area contributed by atoms with Crippen LogP contribution >= 0.6 is 0 Å². The molecule has 0 unspecified atom stereocenters. The minimum Gasteiger partial charge on any atom is -0.226 e. The van der Waals surface area contributed by atoms with Gasteiger partial charge >= 0.3 is 5.91 Å². The molecule has 0 rings (SSSR count). The summed E-state index contributed by atoms with van der Waals surface area (Å²) >= 11 is 0. The van der Waals surface area contributed by atoms with Crippen LogP contribution < -0.4 is 4.90 Å². The van der Waals surface area contributed by atoms with E-state index in [1.807, 2.05) is 13.8 Å². The van der Waals surface area contributed by atoms with Gasteiger partial charge in [-0.2, -0.15) is 0 Å². The number of carbonyl (C=O) groups is 1. The lowest BCUT2D eigenvalue weighted by molar-refractivity contribution is -0.123. The highest BCUT2D eigenvalue weighted by Crippen LogP contribution is 1.80. The smallest absolute Gasteiger partial charge is 0.226 e. The number of hydrogen-bond donors (Lipinski definition) is 0. The fraction of sp³-hybridized carbons (Fsp3) is 0.833. The summed E-state index contributed by atoms with van der Waals surface area (Å²) in [6.07, 6.45) is 0. The predicted molar refractivity (Wildman–Crippen MR) is 33.9 cm³/mol. The lowest BCUT2D eigenvalue weighted by Crippen LogP contribution is -2.34. The van der Waals surface area contributed by atoms with Crippen LogP contribution in [0.1, 0.15) is 20.8 Å². The van der Waals surface area contributed by atoms with Crippen molar-refractivity contribution in [3.63, 3.8) is 0 Å². The van der Waals surface area contributed by atoms with Crippen molar-refractivity contribution >= 4 is 5.91 Å². The molecule has 0 saturated heterocycles. The van der Waals surface area contributed by atoms with Crippen molar-refractivity contribution in [1.82, 2.24) is 4.90 Å². The van der Waals surface area contributed by atoms with Gasteiger partial charge in [-0.05, 0) is 13.8 Å². The first-order valence-corrected chi connectivity index (χ1v) is 2.97. The minimum atomic E-state index is 0.162. The zero-order valence-electron chi connectivity index (χ0n) is 5.77. The third-order valence-electron chi connectivity index (χ3n) is 1.21. The topological polar surface area (TPSA) is 23.0 Å². The van der Waals surface area contributed by atoms with E-state index in [0.717, 1.165) is 13.1 Å². The third kappa shape index (κ3) is 2.07. The molecule has 1 radical (unpaired) electrons. The number of carbonyl (C=O) groups excluding carboxylic acids is 1. The summed E-state index contributed by atoms with van der Waals surface area (Å²) in [4.78, 5) is 12.3. The molecule has 47 valence electrons. The van der Waals surface area contributed by atoms with Crippen LogP contribution in [0.2, 0.25) is 0 Å². The summed E-state index contributed by atoms with van der Waals surface area (Å²) in [5.74, 6) is 0.162. The molecular weight excluding hydrogens is 102 g/mol. The zero-order chi connectivity index (χ0) is 6.57. The van der Waals surface area contributed by atoms with Crippen molar-refractivity contribution in [2.75, 3.05) is 13.1 Å². The SMILES string of the molecule is CC[N+](CC)C(C)=O. The highest BCUT2D eigenvalue weighted by molar-refractivity contribution is 5.75. The Morgan fingerprint density at radius 2 is 1.75 bits per heavy atom. The quantitative estimate of drug-likeness (QED) is 0.486. The molecule has 8 heavy (non-hydrogen) atoms. The Kier molecular flexibility index (Phi) is 3.44. The Morgan fingerprint density at radius 1 is 1.38 bits per heavy atom. The molecule has 2 heteroatoms. The van der Waals surface area contributed by atoms with E-state index >= 15 is 0 Å². The average molecular weight is 115 g/mol. The first-order valence-electron chi connectivity index (χ1n) is 2.97. The molecule has 0 aromatic heterocycles. The average Bonchev–Trinajstić information content (AvgIpc) is 1.69. The van der Waals surface area contributed by atoms with E-state index in [9.17, 15) is 4.79 Å². The van der Waals surface area contributed by atoms with E-state index in [1.165, 1.54) is 0 Å². The lowest BCUT2D eigenvalue weighted by Gasteiger charge is -1.98. The second kappa shape index (κ2) is 3.61. The van der Waals surface area contributed by atoms with Crippen molar-refractivity contribution < 1.29 is 4.79 Å². The third-order valence-corrected chi connectivity index (χ3v) is 1.21. The van der Waals surface area contributed by atoms with Gasteiger partial charge in [0.15, 0.2) is 0 Å². The van der Waals surface area contributed by atoms with E-state index in [0.29, 0.717) is 0 Å². The molecule has 0 atom stereocenters. The molecule has 0 saturated carbocycles. The highest BCUT2D eigenvalue weighted by Gasteiger charge is 2.13. The van der Waals surface area contributed by atoms with Crippen LogP contribution in [0.3, 0.4) is 0 Å². The van der Waals surface area contributed by atoms with E-state index in [1.54, 1.807) is 11.8 Å². The van der Waals surface area contributed by atoms with Gasteiger partial charge in [0.25, 0.3) is 0 Å². The van der Waals surface area contributed by atoms with Crippen molar-refractivity contribution in [2.24, 2.45) is 0 Å². The molecule has 0 aliphatic carbocycles. The Morgan fingerprint density at radius 3 is 1.75 bits per heavy atom. The summed E-state index contributed by atoms with van der Waals surface area (Å²) in [6, 6.07) is 0. The molecule has 0 spiro atoms. The van der Waals surface area contributed by atoms with Crippen molar-refractivity contribution in [1.29, 1.82) is 0 Å². The van der Waals surface area contributed by atoms with Crippen LogP contribution in [0.4, 0.5) is 0 Å². The fourth-order valence-corrected chi connectivity index (χ4v) is 0.669. The first kappa shape index (κ1) is 7.63. The standard InChI is InChI=1S/C6H13NO/c1-4-7(5-2)6(3)8/h4-5H2,1-3H3/q+1. The molecule has 0 bridgehead atoms. The van der Waals surface area contributed by atoms with E-state index in [2.05, 4.69) is 0 Å². The van der Waals surface area contributed by atoms with E-state index in [4.69, 9.17) is 0 Å². The van der Waals surface area contributed by atoms with Crippen LogP contribution in [0.5, 0.6) is 0 Å². The van der Waals surface area contributed by atoms with Gasteiger partial charge in [-0.3, -0.25) is 0 Å². The predicted octanol–water partition coefficient (Wildman–Crippen LogP) is 0.713. The molecule has 0 aromatic rings. The monoisotopic (exact) mass is 115 g/mol. The molecule has 0 aliphatic heterocycles. The van der Waals surface area contributed by atoms with Gasteiger partial charge in [-0.25, -0.2) is 4.79 Å². The second-order valence-electron chi connectivity index (χ2n) is 1.69. The van der Waals surface area contributed by atoms with Crippen LogP contribution in [0, 0.1) is 0 Å². The molecule has 0 N–H and O–H groups in total. The maximum absolute atomic E-state index is 10.5. The van der Waals surface area contributed by atoms with Gasteiger partial charge in [0.1, 0.15) is 13.1 Å². The number of amides is 1. The minimum absolute atomic E-state index is 0.162. The maximum Gasteiger partial charge on any atom is 0.357 e. The number of rotatable bonds is 2. The van der Waals surface area contributed by atoms with Crippen LogP contribution in [0.15, 0.2) is 0 Å². The van der Waals surface area contributed by atoms with Gasteiger partial charge in [0.2, 0.25) is 0 Å². The molecule has 0 aliphatic rings. The number of nitrogens with zero attached hydrogens (tertiary/aromatic N) is 1. The largest absolute Gasteiger partial charge is 0.357 e. The second-order valence-corrected chi connectivity index (χ2v) is 1.69. The van der Waals surface area contributed by atoms with Gasteiger partial charge < -0.3 is 0 Å². The molecular formula is C6H13NO+. The fourth-order valence-electron chi connectivity index (χ4n) is 0.669. The van der Waals surface area contributed by atoms with Crippen molar-refractivity contribution in [3.8, 4) is 0 Å². The summed E-state index contributed by atoms with van der Waals surface area (Å²) < 4.78 is 0. The van der Waals surface area contributed by atoms with Crippen molar-refractivity contribution in [2.45, 2.75) is 20.8 Å². The number of hydrogen-bond acceptors (Lipinski definition) is 1. The summed E-state index contributed by atoms with van der Waals surface area (Å²) in [7, 11) is 0. The molecule has 1 amide bonds. The summed E-state index contributed by atoms with van der Waals surface area (Å²) in [6.45, 7) is 7.19. The summed E-state index contributed by atoms with van der Waals surface area (Å²) in [5, 5.41) is 0. The van der Waals surface area contributed by atoms with Crippen molar-refractivity contribution in [3.05, 3.63) is 0 Å². The zero-order valence-corrected chi connectivity index (χ0v) is 5.77. The normalized spacial score (nSPS) is 10.0. The van der Waals surface area contributed by atoms with Gasteiger partial charge in [-0.15, -0.1) is 4.90 Å². The first-order chi connectivity index (χ1) is 3.72. The maximum atomic E-state index is 10.5. The molecule has 2 nitrogen and oxygen atoms in total. The molecule has 0 fully saturated rings. The molecule has 0 aromatic carbocycles. The Hall–Kier alpha value is -0.370. The van der Waals surface area contributed by atoms with Gasteiger partial charge in [-0.1, -0.05) is 0 Å². The lowest BCUT2D eigenvalue weighted by atomic mass is 10.5. The Balaban J connectivity index is 3.52. The van der Waals surface area contributed by atoms with Crippen LogP contribution in [-0.2, 0) is 4.79 Å². The summed E-state index contributed by atoms with van der Waals surface area (Å²) in [5.41, 5.74) is 0. The Labute approximate surface area is 50.5 Å². The Bertz CT molecular complexity index is 76.6. The van der Waals surface area contributed by atoms with Crippen LogP contribution in [0.25, 0.3) is 0 Å². The molecule has 0 heterocycles. The van der Waals surface area contributed by atoms with Gasteiger partial charge in [0.05, 0.1) is 6.92 Å². The highest BCUT2D eigenvalue weighted by atomic mass is 16.2. The van der Waals surface area contributed by atoms with Gasteiger partial charge in [0, 0.05) is 0 Å². The van der Waals surface area contributed by atoms with Crippen LogP contribution in [-0.4, -0.2) is 19.0 Å². The van der Waals surface area contributed by atoms with E-state index in [-0.39, 0.29) is 5.91 Å².